The number of nitrogens with one attached hydrogen (secondary N) is 1. The molecular weight excluding hydrogens is 1060 g/mol. The molecule has 3 aliphatic heterocycles. The van der Waals surface area contributed by atoms with Crippen LogP contribution >= 0.6 is 0 Å². The Labute approximate surface area is 492 Å². The molecule has 482 valence electrons. The topological polar surface area (TPSA) is 307 Å². The van der Waals surface area contributed by atoms with Crippen LogP contribution < -0.4 is 5.32 Å². The number of amides is 1. The summed E-state index contributed by atoms with van der Waals surface area (Å²) in [6.07, 6.45) is 22.5. The Kier molecular flexibility index (Phi) is 42.2. The predicted molar refractivity (Wildman–Crippen MR) is 314 cm³/mol. The molecule has 0 spiro atoms. The number of carbonyl (C=O) groups is 1. The minimum Gasteiger partial charge on any atom is -0.394 e. The molecule has 0 saturated carbocycles. The maximum atomic E-state index is 13.4. The van der Waals surface area contributed by atoms with E-state index in [9.17, 15) is 61.0 Å². The third-order valence-corrected chi connectivity index (χ3v) is 16.5. The van der Waals surface area contributed by atoms with Gasteiger partial charge in [0.2, 0.25) is 5.91 Å². The summed E-state index contributed by atoms with van der Waals surface area (Å²) >= 11 is 0. The molecule has 0 aromatic heterocycles. The summed E-state index contributed by atoms with van der Waals surface area (Å²) in [6.45, 7) is 1.79. The van der Waals surface area contributed by atoms with Crippen LogP contribution in [0.1, 0.15) is 239 Å². The minimum absolute atomic E-state index is 0.249. The highest BCUT2D eigenvalue weighted by atomic mass is 16.8. The molecule has 19 nitrogen and oxygen atoms in total. The molecule has 0 aliphatic carbocycles. The zero-order chi connectivity index (χ0) is 59.7. The largest absolute Gasteiger partial charge is 0.394 e. The molecule has 0 bridgehead atoms. The highest BCUT2D eigenvalue weighted by molar-refractivity contribution is 5.76. The van der Waals surface area contributed by atoms with Crippen LogP contribution in [0.2, 0.25) is 0 Å². The maximum absolute atomic E-state index is 13.4. The summed E-state index contributed by atoms with van der Waals surface area (Å²) in [4.78, 5) is 13.4. The molecule has 3 saturated heterocycles. The first-order valence-electron chi connectivity index (χ1n) is 32.6. The fourth-order valence-electron chi connectivity index (χ4n) is 11.2. The monoisotopic (exact) mass is 1180 g/mol. The van der Waals surface area contributed by atoms with Gasteiger partial charge in [-0.05, 0) is 44.9 Å². The molecule has 0 radical (unpaired) electrons. The van der Waals surface area contributed by atoms with Crippen LogP contribution in [0.4, 0.5) is 0 Å². The van der Waals surface area contributed by atoms with Crippen molar-refractivity contribution in [3.05, 3.63) is 24.3 Å². The maximum Gasteiger partial charge on any atom is 0.220 e. The average molecular weight is 1180 g/mol. The zero-order valence-corrected chi connectivity index (χ0v) is 50.5. The Morgan fingerprint density at radius 2 is 0.805 bits per heavy atom. The molecule has 0 aromatic rings. The van der Waals surface area contributed by atoms with Gasteiger partial charge in [0.1, 0.15) is 73.2 Å². The number of allylic oxidation sites excluding steroid dienone is 4. The van der Waals surface area contributed by atoms with Crippen LogP contribution in [-0.4, -0.2) is 193 Å². The van der Waals surface area contributed by atoms with E-state index in [4.69, 9.17) is 28.4 Å². The van der Waals surface area contributed by atoms with Crippen molar-refractivity contribution < 1.29 is 89.4 Å². The number of hydrogen-bond acceptors (Lipinski definition) is 18. The number of aliphatic hydroxyl groups excluding tert-OH is 11. The van der Waals surface area contributed by atoms with Gasteiger partial charge in [-0.3, -0.25) is 4.79 Å². The smallest absolute Gasteiger partial charge is 0.220 e. The van der Waals surface area contributed by atoms with E-state index in [1.807, 2.05) is 0 Å². The van der Waals surface area contributed by atoms with Gasteiger partial charge in [-0.15, -0.1) is 0 Å². The lowest BCUT2D eigenvalue weighted by Crippen LogP contribution is -2.66. The first-order chi connectivity index (χ1) is 39.8. The lowest BCUT2D eigenvalue weighted by atomic mass is 9.96. The number of ether oxygens (including phenoxy) is 6. The lowest BCUT2D eigenvalue weighted by Gasteiger charge is -2.48. The van der Waals surface area contributed by atoms with Gasteiger partial charge in [-0.25, -0.2) is 0 Å². The summed E-state index contributed by atoms with van der Waals surface area (Å²) in [7, 11) is 0. The SMILES string of the molecule is CCCCCC/C=C\C/C=C\CCCCCCCCCC(=O)NC(COC1OC(CO)C(OC2OC(CO)C(OC3OC(CO)C(O)C(O)C3O)C(O)C2O)C(O)C1O)C(O)CCCCCCCCCCCCCCCCCCCCC. The highest BCUT2D eigenvalue weighted by Gasteiger charge is 2.53. The van der Waals surface area contributed by atoms with Gasteiger partial charge in [0.25, 0.3) is 0 Å². The molecular formula is C63H117NO18. The summed E-state index contributed by atoms with van der Waals surface area (Å²) in [5.74, 6) is -0.249. The van der Waals surface area contributed by atoms with Crippen LogP contribution in [0.15, 0.2) is 24.3 Å². The summed E-state index contributed by atoms with van der Waals surface area (Å²) < 4.78 is 34.4. The lowest BCUT2D eigenvalue weighted by molar-refractivity contribution is -0.379. The molecule has 12 N–H and O–H groups in total. The molecule has 3 aliphatic rings. The fourth-order valence-corrected chi connectivity index (χ4v) is 11.2. The van der Waals surface area contributed by atoms with Crippen molar-refractivity contribution in [1.29, 1.82) is 0 Å². The molecule has 17 atom stereocenters. The summed E-state index contributed by atoms with van der Waals surface area (Å²) in [5.41, 5.74) is 0. The van der Waals surface area contributed by atoms with Crippen LogP contribution in [-0.2, 0) is 33.2 Å². The third kappa shape index (κ3) is 29.3. The van der Waals surface area contributed by atoms with Gasteiger partial charge in [0, 0.05) is 6.42 Å². The van der Waals surface area contributed by atoms with Crippen molar-refractivity contribution >= 4 is 5.91 Å². The van der Waals surface area contributed by atoms with Crippen molar-refractivity contribution in [2.24, 2.45) is 0 Å². The van der Waals surface area contributed by atoms with E-state index in [0.29, 0.717) is 12.8 Å². The Balaban J connectivity index is 1.47. The van der Waals surface area contributed by atoms with Crippen LogP contribution in [0.3, 0.4) is 0 Å². The van der Waals surface area contributed by atoms with Crippen LogP contribution in [0.25, 0.3) is 0 Å². The second-order valence-electron chi connectivity index (χ2n) is 23.6. The zero-order valence-electron chi connectivity index (χ0n) is 50.5. The molecule has 1 amide bonds. The van der Waals surface area contributed by atoms with E-state index >= 15 is 0 Å². The molecule has 3 fully saturated rings. The molecule has 0 aromatic carbocycles. The van der Waals surface area contributed by atoms with Crippen LogP contribution in [0.5, 0.6) is 0 Å². The number of carbonyl (C=O) groups excluding carboxylic acids is 1. The van der Waals surface area contributed by atoms with E-state index < -0.39 is 124 Å². The Morgan fingerprint density at radius 1 is 0.439 bits per heavy atom. The van der Waals surface area contributed by atoms with E-state index in [-0.39, 0.29) is 18.9 Å². The van der Waals surface area contributed by atoms with Crippen molar-refractivity contribution in [3.63, 3.8) is 0 Å². The second-order valence-corrected chi connectivity index (χ2v) is 23.6. The number of aliphatic hydroxyl groups is 11. The third-order valence-electron chi connectivity index (χ3n) is 16.5. The Morgan fingerprint density at radius 3 is 1.26 bits per heavy atom. The van der Waals surface area contributed by atoms with E-state index in [0.717, 1.165) is 70.6 Å². The predicted octanol–water partition coefficient (Wildman–Crippen LogP) is 7.10. The van der Waals surface area contributed by atoms with Crippen molar-refractivity contribution in [2.45, 2.75) is 343 Å². The molecule has 82 heavy (non-hydrogen) atoms. The van der Waals surface area contributed by atoms with Gasteiger partial charge in [0.15, 0.2) is 18.9 Å². The van der Waals surface area contributed by atoms with Crippen molar-refractivity contribution in [1.82, 2.24) is 5.32 Å². The minimum atomic E-state index is -1.97. The van der Waals surface area contributed by atoms with Gasteiger partial charge in [-0.1, -0.05) is 212 Å². The fraction of sp³-hybridized carbons (Fsp3) is 0.921. The number of hydrogen-bond donors (Lipinski definition) is 12. The van der Waals surface area contributed by atoms with Gasteiger partial charge in [-0.2, -0.15) is 0 Å². The summed E-state index contributed by atoms with van der Waals surface area (Å²) in [6, 6.07) is -0.890. The first kappa shape index (κ1) is 74.5. The molecule has 3 heterocycles. The quantitative estimate of drug-likeness (QED) is 0.0213. The van der Waals surface area contributed by atoms with Gasteiger partial charge >= 0.3 is 0 Å². The number of unbranched alkanes of at least 4 members (excludes halogenated alkanes) is 29. The van der Waals surface area contributed by atoms with Crippen LogP contribution in [0, 0.1) is 0 Å². The number of rotatable bonds is 49. The second kappa shape index (κ2) is 46.4. The van der Waals surface area contributed by atoms with Crippen molar-refractivity contribution in [2.75, 3.05) is 26.4 Å². The molecule has 17 unspecified atom stereocenters. The van der Waals surface area contributed by atoms with E-state index in [1.54, 1.807) is 0 Å². The van der Waals surface area contributed by atoms with Crippen molar-refractivity contribution in [3.8, 4) is 0 Å². The Hall–Kier alpha value is -1.73. The standard InChI is InChI=1S/C63H117NO18/c1-3-5-7-9-11-13-15-17-19-21-23-24-26-28-30-32-34-36-38-40-47(68)46(64-51(69)41-39-37-35-33-31-29-27-25-22-20-18-16-14-12-10-8-6-4-2)45-77-61-57(75)54(72)59(49(43-66)79-61)82-63-58(76)55(73)60(50(44-67)80-63)81-62-56(74)53(71)52(70)48(42-65)78-62/h14,16,20,22,46-50,52-63,65-68,70-76H,3-13,15,17-19,21,23-45H2,1-2H3,(H,64,69)/b16-14-,22-20-. The first-order valence-corrected chi connectivity index (χ1v) is 32.6. The van der Waals surface area contributed by atoms with E-state index in [1.165, 1.54) is 135 Å². The Bertz CT molecular complexity index is 1590. The molecule has 3 rings (SSSR count). The average Bonchev–Trinajstić information content (AvgIpc) is 3.43. The van der Waals surface area contributed by atoms with E-state index in [2.05, 4.69) is 43.5 Å². The van der Waals surface area contributed by atoms with Gasteiger partial charge < -0.3 is 89.9 Å². The molecule has 19 heteroatoms. The van der Waals surface area contributed by atoms with Gasteiger partial charge in [0.05, 0.1) is 38.6 Å². The highest BCUT2D eigenvalue weighted by Crippen LogP contribution is 2.33. The summed E-state index contributed by atoms with van der Waals surface area (Å²) in [5, 5.41) is 120. The normalized spacial score (nSPS) is 29.7.